The van der Waals surface area contributed by atoms with Crippen molar-refractivity contribution in [2.75, 3.05) is 0 Å². The van der Waals surface area contributed by atoms with E-state index in [0.29, 0.717) is 0 Å². The molecule has 6 heteroatoms. The van der Waals surface area contributed by atoms with E-state index in [9.17, 15) is 9.59 Å². The highest BCUT2D eigenvalue weighted by Crippen LogP contribution is 2.28. The maximum absolute atomic E-state index is 11.6. The molecule has 0 unspecified atom stereocenters. The summed E-state index contributed by atoms with van der Waals surface area (Å²) in [5.41, 5.74) is -0.0846. The second-order valence-corrected chi connectivity index (χ2v) is 6.37. The number of ether oxygens (including phenoxy) is 2. The zero-order chi connectivity index (χ0) is 12.6. The molecule has 1 aliphatic rings. The van der Waals surface area contributed by atoms with Gasteiger partial charge in [-0.3, -0.25) is 0 Å². The van der Waals surface area contributed by atoms with Gasteiger partial charge in [-0.25, -0.2) is 9.59 Å². The van der Waals surface area contributed by atoms with Crippen LogP contribution in [0.2, 0.25) is 0 Å². The molecule has 2 rings (SSSR count). The average Bonchev–Trinajstić information content (AvgIpc) is 2.56. The third-order valence-electron chi connectivity index (χ3n) is 2.00. The Morgan fingerprint density at radius 1 is 1.24 bits per heavy atom. The molecule has 0 aliphatic carbocycles. The van der Waals surface area contributed by atoms with Crippen LogP contribution in [0.15, 0.2) is 21.5 Å². The van der Waals surface area contributed by atoms with Crippen LogP contribution in [0.5, 0.6) is 0 Å². The second kappa shape index (κ2) is 4.27. The van der Waals surface area contributed by atoms with E-state index in [0.717, 1.165) is 8.66 Å². The van der Waals surface area contributed by atoms with Crippen molar-refractivity contribution in [3.63, 3.8) is 0 Å². The minimum atomic E-state index is -1.19. The van der Waals surface area contributed by atoms with Crippen molar-refractivity contribution in [2.24, 2.45) is 0 Å². The number of thiophene rings is 1. The Kier molecular flexibility index (Phi) is 3.09. The lowest BCUT2D eigenvalue weighted by atomic mass is 10.2. The van der Waals surface area contributed by atoms with Gasteiger partial charge >= 0.3 is 11.9 Å². The summed E-state index contributed by atoms with van der Waals surface area (Å²) in [7, 11) is 0. The van der Waals surface area contributed by atoms with Crippen LogP contribution in [-0.2, 0) is 19.1 Å². The third-order valence-corrected chi connectivity index (χ3v) is 3.57. The van der Waals surface area contributed by atoms with Gasteiger partial charge in [-0.15, -0.1) is 11.3 Å². The van der Waals surface area contributed by atoms with Gasteiger partial charge in [0.05, 0.1) is 3.79 Å². The molecule has 2 heterocycles. The van der Waals surface area contributed by atoms with E-state index >= 15 is 0 Å². The van der Waals surface area contributed by atoms with E-state index in [-0.39, 0.29) is 5.57 Å². The van der Waals surface area contributed by atoms with Crippen molar-refractivity contribution in [1.82, 2.24) is 0 Å². The number of carbonyl (C=O) groups excluding carboxylic acids is 2. The van der Waals surface area contributed by atoms with Gasteiger partial charge in [-0.1, -0.05) is 0 Å². The largest absolute Gasteiger partial charge is 0.419 e. The van der Waals surface area contributed by atoms with Gasteiger partial charge in [0.25, 0.3) is 5.79 Å². The fourth-order valence-corrected chi connectivity index (χ4v) is 2.69. The van der Waals surface area contributed by atoms with Gasteiger partial charge in [0, 0.05) is 18.7 Å². The number of rotatable bonds is 1. The minimum Gasteiger partial charge on any atom is -0.419 e. The van der Waals surface area contributed by atoms with Crippen molar-refractivity contribution in [2.45, 2.75) is 19.6 Å². The fraction of sp³-hybridized carbons (Fsp3) is 0.273. The molecule has 1 aromatic rings. The highest BCUT2D eigenvalue weighted by Gasteiger charge is 2.38. The van der Waals surface area contributed by atoms with Crippen LogP contribution in [0.25, 0.3) is 6.08 Å². The Bertz CT molecular complexity index is 493. The Morgan fingerprint density at radius 3 is 2.29 bits per heavy atom. The normalized spacial score (nSPS) is 18.6. The van der Waals surface area contributed by atoms with Crippen molar-refractivity contribution < 1.29 is 19.1 Å². The maximum atomic E-state index is 11.6. The molecule has 0 bridgehead atoms. The SMILES string of the molecule is CC1(C)OC(=O)C(=Cc2ccc(Br)s2)C(=O)O1. The molecule has 0 atom stereocenters. The smallest absolute Gasteiger partial charge is 0.348 e. The molecule has 1 fully saturated rings. The number of halogens is 1. The first kappa shape index (κ1) is 12.3. The summed E-state index contributed by atoms with van der Waals surface area (Å²) in [6, 6.07) is 3.63. The molecular weight excluding hydrogens is 308 g/mol. The van der Waals surface area contributed by atoms with E-state index in [1.165, 1.54) is 31.3 Å². The molecule has 0 aromatic carbocycles. The predicted octanol–water partition coefficient (Wildman–Crippen LogP) is 2.73. The Labute approximate surface area is 110 Å². The summed E-state index contributed by atoms with van der Waals surface area (Å²) >= 11 is 4.71. The molecule has 1 aromatic heterocycles. The highest BCUT2D eigenvalue weighted by atomic mass is 79.9. The maximum Gasteiger partial charge on any atom is 0.348 e. The van der Waals surface area contributed by atoms with Crippen LogP contribution in [0, 0.1) is 0 Å². The number of hydrogen-bond acceptors (Lipinski definition) is 5. The van der Waals surface area contributed by atoms with Gasteiger partial charge < -0.3 is 9.47 Å². The first-order valence-electron chi connectivity index (χ1n) is 4.81. The van der Waals surface area contributed by atoms with E-state index in [2.05, 4.69) is 15.9 Å². The van der Waals surface area contributed by atoms with Gasteiger partial charge in [-0.05, 0) is 34.1 Å². The van der Waals surface area contributed by atoms with Crippen LogP contribution >= 0.6 is 27.3 Å². The lowest BCUT2D eigenvalue weighted by Crippen LogP contribution is -2.41. The monoisotopic (exact) mass is 316 g/mol. The van der Waals surface area contributed by atoms with Crippen molar-refractivity contribution >= 4 is 45.3 Å². The van der Waals surface area contributed by atoms with Crippen LogP contribution < -0.4 is 0 Å². The zero-order valence-electron chi connectivity index (χ0n) is 9.15. The number of cyclic esters (lactones) is 2. The average molecular weight is 317 g/mol. The zero-order valence-corrected chi connectivity index (χ0v) is 11.6. The first-order valence-corrected chi connectivity index (χ1v) is 6.42. The van der Waals surface area contributed by atoms with Gasteiger partial charge in [0.2, 0.25) is 0 Å². The fourth-order valence-electron chi connectivity index (χ4n) is 1.33. The van der Waals surface area contributed by atoms with Gasteiger partial charge in [0.1, 0.15) is 5.57 Å². The summed E-state index contributed by atoms with van der Waals surface area (Å²) in [6.45, 7) is 3.03. The van der Waals surface area contributed by atoms with Crippen LogP contribution in [0.1, 0.15) is 18.7 Å². The first-order chi connectivity index (χ1) is 7.87. The summed E-state index contributed by atoms with van der Waals surface area (Å²) in [6.07, 6.45) is 1.47. The topological polar surface area (TPSA) is 52.6 Å². The van der Waals surface area contributed by atoms with Gasteiger partial charge in [0.15, 0.2) is 0 Å². The Morgan fingerprint density at radius 2 is 1.82 bits per heavy atom. The summed E-state index contributed by atoms with van der Waals surface area (Å²) in [5.74, 6) is -2.51. The molecule has 0 saturated carbocycles. The van der Waals surface area contributed by atoms with Crippen LogP contribution in [0.3, 0.4) is 0 Å². The molecule has 1 aliphatic heterocycles. The minimum absolute atomic E-state index is 0.0846. The highest BCUT2D eigenvalue weighted by molar-refractivity contribution is 9.11. The number of esters is 2. The van der Waals surface area contributed by atoms with Gasteiger partial charge in [-0.2, -0.15) is 0 Å². The Balaban J connectivity index is 2.30. The van der Waals surface area contributed by atoms with Crippen molar-refractivity contribution in [3.05, 3.63) is 26.4 Å². The lowest BCUT2D eigenvalue weighted by Gasteiger charge is -2.29. The van der Waals surface area contributed by atoms with E-state index < -0.39 is 17.7 Å². The number of carbonyl (C=O) groups is 2. The number of hydrogen-bond donors (Lipinski definition) is 0. The lowest BCUT2D eigenvalue weighted by molar-refractivity contribution is -0.222. The van der Waals surface area contributed by atoms with E-state index in [4.69, 9.17) is 9.47 Å². The molecule has 0 spiro atoms. The van der Waals surface area contributed by atoms with E-state index in [1.54, 1.807) is 6.07 Å². The molecular formula is C11H9BrO4S. The third kappa shape index (κ3) is 2.76. The quantitative estimate of drug-likeness (QED) is 0.454. The molecule has 0 amide bonds. The van der Waals surface area contributed by atoms with E-state index in [1.807, 2.05) is 6.07 Å². The van der Waals surface area contributed by atoms with Crippen LogP contribution in [0.4, 0.5) is 0 Å². The molecule has 90 valence electrons. The molecule has 1 saturated heterocycles. The standard InChI is InChI=1S/C11H9BrO4S/c1-11(2)15-9(13)7(10(14)16-11)5-6-3-4-8(12)17-6/h3-5H,1-2H3. The summed E-state index contributed by atoms with van der Waals surface area (Å²) in [5, 5.41) is 0. The van der Waals surface area contributed by atoms with Crippen molar-refractivity contribution in [3.8, 4) is 0 Å². The summed E-state index contributed by atoms with van der Waals surface area (Å²) in [4.78, 5) is 24.0. The summed E-state index contributed by atoms with van der Waals surface area (Å²) < 4.78 is 10.9. The molecule has 17 heavy (non-hydrogen) atoms. The molecule has 0 radical (unpaired) electrons. The Hall–Kier alpha value is -1.14. The van der Waals surface area contributed by atoms with Crippen molar-refractivity contribution in [1.29, 1.82) is 0 Å². The second-order valence-electron chi connectivity index (χ2n) is 3.88. The van der Waals surface area contributed by atoms with Crippen LogP contribution in [-0.4, -0.2) is 17.7 Å². The molecule has 4 nitrogen and oxygen atoms in total. The molecule has 0 N–H and O–H groups in total. The predicted molar refractivity (Wildman–Crippen MR) is 66.3 cm³/mol.